The third-order valence-corrected chi connectivity index (χ3v) is 3.95. The molecule has 0 bridgehead atoms. The molecule has 0 spiro atoms. The fourth-order valence-electron chi connectivity index (χ4n) is 2.71. The lowest BCUT2D eigenvalue weighted by atomic mass is 9.75. The second-order valence-corrected chi connectivity index (χ2v) is 4.88. The Balaban J connectivity index is 2.46. The van der Waals surface area contributed by atoms with Crippen molar-refractivity contribution in [2.24, 2.45) is 17.8 Å². The highest BCUT2D eigenvalue weighted by Gasteiger charge is 2.23. The quantitative estimate of drug-likeness (QED) is 0.590. The fourth-order valence-corrected chi connectivity index (χ4v) is 2.71. The Morgan fingerprint density at radius 3 is 2.46 bits per heavy atom. The summed E-state index contributed by atoms with van der Waals surface area (Å²) in [5.74, 6) is 2.84. The van der Waals surface area contributed by atoms with E-state index >= 15 is 0 Å². The first kappa shape index (κ1) is 11.1. The standard InChI is InChI=1S/C13H25/c1-4-8-13-10-7-5-6-9-11(2)12(13)3/h11-13H,1,4-10H2,2-3H3/t11-,12+,13?/m0/s1. The van der Waals surface area contributed by atoms with Crippen LogP contribution in [0.2, 0.25) is 0 Å². The molecule has 0 saturated heterocycles. The van der Waals surface area contributed by atoms with E-state index in [0.717, 1.165) is 24.2 Å². The molecule has 77 valence electrons. The van der Waals surface area contributed by atoms with E-state index < -0.39 is 0 Å². The van der Waals surface area contributed by atoms with Crippen LogP contribution in [0.5, 0.6) is 0 Å². The maximum atomic E-state index is 3.99. The van der Waals surface area contributed by atoms with Crippen LogP contribution >= 0.6 is 0 Å². The zero-order chi connectivity index (χ0) is 9.68. The van der Waals surface area contributed by atoms with Crippen molar-refractivity contribution in [2.45, 2.75) is 58.8 Å². The summed E-state index contributed by atoms with van der Waals surface area (Å²) in [4.78, 5) is 0. The van der Waals surface area contributed by atoms with Crippen LogP contribution in [-0.4, -0.2) is 0 Å². The van der Waals surface area contributed by atoms with Crippen molar-refractivity contribution < 1.29 is 0 Å². The Morgan fingerprint density at radius 1 is 1.08 bits per heavy atom. The summed E-state index contributed by atoms with van der Waals surface area (Å²) in [6, 6.07) is 0. The molecule has 0 aliphatic heterocycles. The Kier molecular flexibility index (Phi) is 4.83. The van der Waals surface area contributed by atoms with Crippen molar-refractivity contribution in [3.05, 3.63) is 6.92 Å². The summed E-state index contributed by atoms with van der Waals surface area (Å²) in [6.45, 7) is 8.88. The second kappa shape index (κ2) is 5.67. The predicted molar refractivity (Wildman–Crippen MR) is 59.5 cm³/mol. The third kappa shape index (κ3) is 3.32. The van der Waals surface area contributed by atoms with Gasteiger partial charge in [0.2, 0.25) is 0 Å². The van der Waals surface area contributed by atoms with Crippen LogP contribution in [0.1, 0.15) is 58.8 Å². The molecule has 1 aliphatic rings. The lowest BCUT2D eigenvalue weighted by molar-refractivity contribution is 0.201. The second-order valence-electron chi connectivity index (χ2n) is 4.88. The first-order chi connectivity index (χ1) is 6.25. The van der Waals surface area contributed by atoms with Crippen LogP contribution < -0.4 is 0 Å². The van der Waals surface area contributed by atoms with Crippen LogP contribution in [0, 0.1) is 24.7 Å². The molecule has 13 heavy (non-hydrogen) atoms. The van der Waals surface area contributed by atoms with Gasteiger partial charge in [-0.15, -0.1) is 0 Å². The molecule has 1 fully saturated rings. The van der Waals surface area contributed by atoms with Crippen LogP contribution in [0.4, 0.5) is 0 Å². The van der Waals surface area contributed by atoms with Crippen LogP contribution in [0.15, 0.2) is 0 Å². The van der Waals surface area contributed by atoms with E-state index in [1.165, 1.54) is 38.5 Å². The zero-order valence-corrected chi connectivity index (χ0v) is 9.39. The van der Waals surface area contributed by atoms with Gasteiger partial charge in [-0.3, -0.25) is 0 Å². The molecule has 1 radical (unpaired) electrons. The van der Waals surface area contributed by atoms with Gasteiger partial charge in [-0.05, 0) is 17.8 Å². The summed E-state index contributed by atoms with van der Waals surface area (Å²) in [5.41, 5.74) is 0. The molecule has 0 aromatic heterocycles. The summed E-state index contributed by atoms with van der Waals surface area (Å²) >= 11 is 0. The Labute approximate surface area is 84.1 Å². The van der Waals surface area contributed by atoms with Gasteiger partial charge in [-0.1, -0.05) is 65.7 Å². The van der Waals surface area contributed by atoms with E-state index in [-0.39, 0.29) is 0 Å². The Morgan fingerprint density at radius 2 is 1.77 bits per heavy atom. The first-order valence-electron chi connectivity index (χ1n) is 6.05. The monoisotopic (exact) mass is 181 g/mol. The molecule has 0 aromatic rings. The average Bonchev–Trinajstić information content (AvgIpc) is 2.12. The van der Waals surface area contributed by atoms with Crippen LogP contribution in [0.25, 0.3) is 0 Å². The van der Waals surface area contributed by atoms with E-state index in [9.17, 15) is 0 Å². The summed E-state index contributed by atoms with van der Waals surface area (Å²) in [6.07, 6.45) is 9.78. The van der Waals surface area contributed by atoms with Crippen molar-refractivity contribution >= 4 is 0 Å². The van der Waals surface area contributed by atoms with E-state index in [1.807, 2.05) is 0 Å². The highest BCUT2D eigenvalue weighted by Crippen LogP contribution is 2.34. The minimum absolute atomic E-state index is 0.932. The van der Waals surface area contributed by atoms with E-state index in [0.29, 0.717) is 0 Å². The maximum absolute atomic E-state index is 3.99. The highest BCUT2D eigenvalue weighted by molar-refractivity contribution is 4.74. The molecule has 0 heterocycles. The van der Waals surface area contributed by atoms with Crippen LogP contribution in [0.3, 0.4) is 0 Å². The van der Waals surface area contributed by atoms with Gasteiger partial charge in [-0.2, -0.15) is 0 Å². The van der Waals surface area contributed by atoms with Gasteiger partial charge >= 0.3 is 0 Å². The van der Waals surface area contributed by atoms with Crippen LogP contribution in [-0.2, 0) is 0 Å². The van der Waals surface area contributed by atoms with Crippen molar-refractivity contribution in [2.75, 3.05) is 0 Å². The number of hydrogen-bond donors (Lipinski definition) is 0. The molecule has 0 nitrogen and oxygen atoms in total. The van der Waals surface area contributed by atoms with E-state index in [2.05, 4.69) is 20.8 Å². The van der Waals surface area contributed by atoms with Gasteiger partial charge in [0.25, 0.3) is 0 Å². The van der Waals surface area contributed by atoms with Gasteiger partial charge < -0.3 is 0 Å². The van der Waals surface area contributed by atoms with Gasteiger partial charge in [-0.25, -0.2) is 0 Å². The molecular formula is C13H25. The lowest BCUT2D eigenvalue weighted by Crippen LogP contribution is -2.21. The summed E-state index contributed by atoms with van der Waals surface area (Å²) in [5, 5.41) is 0. The zero-order valence-electron chi connectivity index (χ0n) is 9.39. The first-order valence-corrected chi connectivity index (χ1v) is 6.05. The molecule has 0 heteroatoms. The molecule has 1 saturated carbocycles. The smallest absolute Gasteiger partial charge is 0.0386 e. The number of rotatable bonds is 2. The van der Waals surface area contributed by atoms with Gasteiger partial charge in [0, 0.05) is 0 Å². The minimum atomic E-state index is 0.932. The van der Waals surface area contributed by atoms with E-state index in [1.54, 1.807) is 0 Å². The number of hydrogen-bond acceptors (Lipinski definition) is 0. The van der Waals surface area contributed by atoms with Gasteiger partial charge in [0.1, 0.15) is 0 Å². The molecule has 3 atom stereocenters. The highest BCUT2D eigenvalue weighted by atomic mass is 14.3. The SMILES string of the molecule is [CH2]CCC1CCCCC[C@H](C)[C@H]1C. The molecule has 1 aliphatic carbocycles. The van der Waals surface area contributed by atoms with Crippen molar-refractivity contribution in [3.8, 4) is 0 Å². The molecule has 1 rings (SSSR count). The largest absolute Gasteiger partial charge is 0.0622 e. The Hall–Kier alpha value is 0. The molecular weight excluding hydrogens is 156 g/mol. The molecule has 0 N–H and O–H groups in total. The average molecular weight is 181 g/mol. The Bertz CT molecular complexity index is 128. The lowest BCUT2D eigenvalue weighted by Gasteiger charge is -2.31. The fraction of sp³-hybridized carbons (Fsp3) is 0.923. The molecule has 1 unspecified atom stereocenters. The third-order valence-electron chi connectivity index (χ3n) is 3.95. The molecule has 0 amide bonds. The summed E-state index contributed by atoms with van der Waals surface area (Å²) < 4.78 is 0. The van der Waals surface area contributed by atoms with Crippen molar-refractivity contribution in [1.29, 1.82) is 0 Å². The predicted octanol–water partition coefficient (Wildman–Crippen LogP) is 4.45. The summed E-state index contributed by atoms with van der Waals surface area (Å²) in [7, 11) is 0. The van der Waals surface area contributed by atoms with Gasteiger partial charge in [0.15, 0.2) is 0 Å². The normalized spacial score (nSPS) is 36.7. The van der Waals surface area contributed by atoms with Crippen molar-refractivity contribution in [3.63, 3.8) is 0 Å². The van der Waals surface area contributed by atoms with Crippen molar-refractivity contribution in [1.82, 2.24) is 0 Å². The topological polar surface area (TPSA) is 0 Å². The minimum Gasteiger partial charge on any atom is -0.0622 e. The molecule has 0 aromatic carbocycles. The maximum Gasteiger partial charge on any atom is -0.0386 e. The van der Waals surface area contributed by atoms with Gasteiger partial charge in [0.05, 0.1) is 0 Å². The van der Waals surface area contributed by atoms with E-state index in [4.69, 9.17) is 0 Å².